The molecule has 0 amide bonds. The zero-order valence-electron chi connectivity index (χ0n) is 14.7. The number of ether oxygens (including phenoxy) is 2. The van der Waals surface area contributed by atoms with E-state index in [9.17, 15) is 0 Å². The van der Waals surface area contributed by atoms with Crippen LogP contribution in [0.2, 0.25) is 0 Å². The van der Waals surface area contributed by atoms with Gasteiger partial charge in [-0.3, -0.25) is 0 Å². The molecule has 0 aliphatic heterocycles. The van der Waals surface area contributed by atoms with E-state index in [2.05, 4.69) is 39.8 Å². The van der Waals surface area contributed by atoms with Crippen molar-refractivity contribution >= 4 is 0 Å². The lowest BCUT2D eigenvalue weighted by atomic mass is 10.0. The van der Waals surface area contributed by atoms with E-state index in [4.69, 9.17) is 9.47 Å². The molecule has 0 atom stereocenters. The van der Waals surface area contributed by atoms with Crippen LogP contribution >= 0.6 is 0 Å². The van der Waals surface area contributed by atoms with Gasteiger partial charge in [0.1, 0.15) is 11.5 Å². The van der Waals surface area contributed by atoms with Crippen molar-refractivity contribution in [2.45, 2.75) is 41.5 Å². The van der Waals surface area contributed by atoms with Gasteiger partial charge in [0.05, 0.1) is 13.2 Å². The van der Waals surface area contributed by atoms with Crippen LogP contribution in [-0.2, 0) is 0 Å². The topological polar surface area (TPSA) is 18.5 Å². The molecule has 0 fully saturated rings. The molecule has 0 N–H and O–H groups in total. The van der Waals surface area contributed by atoms with Gasteiger partial charge in [-0.15, -0.1) is 0 Å². The van der Waals surface area contributed by atoms with Crippen LogP contribution in [0.5, 0.6) is 11.5 Å². The first-order valence-electron chi connectivity index (χ1n) is 7.88. The van der Waals surface area contributed by atoms with Crippen LogP contribution in [0.1, 0.15) is 36.1 Å². The van der Waals surface area contributed by atoms with Crippen LogP contribution in [0.25, 0.3) is 0 Å². The quantitative estimate of drug-likeness (QED) is 0.752. The fourth-order valence-electron chi connectivity index (χ4n) is 2.05. The van der Waals surface area contributed by atoms with Crippen molar-refractivity contribution in [1.29, 1.82) is 0 Å². The average Bonchev–Trinajstić information content (AvgIpc) is 2.48. The minimum absolute atomic E-state index is 0.738. The van der Waals surface area contributed by atoms with E-state index in [1.807, 2.05) is 38.1 Å². The highest BCUT2D eigenvalue weighted by Gasteiger charge is 2.00. The number of benzene rings is 2. The Morgan fingerprint density at radius 1 is 0.682 bits per heavy atom. The summed E-state index contributed by atoms with van der Waals surface area (Å²) in [6.07, 6.45) is 0. The highest BCUT2D eigenvalue weighted by Crippen LogP contribution is 2.20. The largest absolute Gasteiger partial charge is 0.494 e. The number of rotatable bonds is 4. The summed E-state index contributed by atoms with van der Waals surface area (Å²) in [5.41, 5.74) is 5.24. The van der Waals surface area contributed by atoms with E-state index in [1.54, 1.807) is 0 Å². The van der Waals surface area contributed by atoms with Crippen LogP contribution in [0, 0.1) is 27.7 Å². The molecule has 2 aromatic carbocycles. The molecule has 2 aromatic rings. The van der Waals surface area contributed by atoms with Gasteiger partial charge < -0.3 is 9.47 Å². The maximum atomic E-state index is 5.42. The summed E-state index contributed by atoms with van der Waals surface area (Å²) in [7, 11) is 0. The highest BCUT2D eigenvalue weighted by atomic mass is 16.5. The Kier molecular flexibility index (Phi) is 7.51. The second kappa shape index (κ2) is 9.14. The molecule has 2 rings (SSSR count). The van der Waals surface area contributed by atoms with E-state index < -0.39 is 0 Å². The molecule has 0 heterocycles. The Bertz CT molecular complexity index is 548. The summed E-state index contributed by atoms with van der Waals surface area (Å²) in [5.74, 6) is 1.94. The third kappa shape index (κ3) is 5.80. The van der Waals surface area contributed by atoms with Crippen molar-refractivity contribution in [3.63, 3.8) is 0 Å². The van der Waals surface area contributed by atoms with Gasteiger partial charge in [0, 0.05) is 0 Å². The first kappa shape index (κ1) is 18.1. The van der Waals surface area contributed by atoms with Crippen LogP contribution in [0.4, 0.5) is 0 Å². The second-order valence-corrected chi connectivity index (χ2v) is 5.36. The Morgan fingerprint density at radius 3 is 1.59 bits per heavy atom. The predicted molar refractivity (Wildman–Crippen MR) is 94.2 cm³/mol. The van der Waals surface area contributed by atoms with Gasteiger partial charge in [0.25, 0.3) is 0 Å². The van der Waals surface area contributed by atoms with Crippen molar-refractivity contribution in [2.24, 2.45) is 0 Å². The molecule has 0 saturated carbocycles. The zero-order chi connectivity index (χ0) is 16.5. The molecule has 0 aliphatic rings. The summed E-state index contributed by atoms with van der Waals surface area (Å²) in [4.78, 5) is 0. The predicted octanol–water partition coefficient (Wildman–Crippen LogP) is 5.40. The Labute approximate surface area is 135 Å². The van der Waals surface area contributed by atoms with Crippen molar-refractivity contribution in [1.82, 2.24) is 0 Å². The smallest absolute Gasteiger partial charge is 0.119 e. The molecule has 0 radical (unpaired) electrons. The van der Waals surface area contributed by atoms with Gasteiger partial charge in [-0.1, -0.05) is 17.7 Å². The summed E-state index contributed by atoms with van der Waals surface area (Å²) in [6, 6.07) is 12.2. The lowest BCUT2D eigenvalue weighted by Gasteiger charge is -2.08. The van der Waals surface area contributed by atoms with Gasteiger partial charge in [0.2, 0.25) is 0 Å². The minimum atomic E-state index is 0.738. The molecular weight excluding hydrogens is 272 g/mol. The molecular formula is C20H28O2. The van der Waals surface area contributed by atoms with Crippen LogP contribution in [-0.4, -0.2) is 13.2 Å². The lowest BCUT2D eigenvalue weighted by Crippen LogP contribution is -1.94. The molecule has 0 aromatic heterocycles. The molecule has 120 valence electrons. The lowest BCUT2D eigenvalue weighted by molar-refractivity contribution is 0.339. The van der Waals surface area contributed by atoms with Crippen LogP contribution in [0.15, 0.2) is 36.4 Å². The van der Waals surface area contributed by atoms with Gasteiger partial charge in [0.15, 0.2) is 0 Å². The summed E-state index contributed by atoms with van der Waals surface area (Å²) in [6.45, 7) is 13.9. The second-order valence-electron chi connectivity index (χ2n) is 5.36. The van der Waals surface area contributed by atoms with E-state index in [1.165, 1.54) is 22.3 Å². The van der Waals surface area contributed by atoms with Crippen molar-refractivity contribution in [3.8, 4) is 11.5 Å². The third-order valence-corrected chi connectivity index (χ3v) is 3.54. The molecule has 0 unspecified atom stereocenters. The fourth-order valence-corrected chi connectivity index (χ4v) is 2.05. The first-order valence-corrected chi connectivity index (χ1v) is 7.88. The summed E-state index contributed by atoms with van der Waals surface area (Å²) in [5, 5.41) is 0. The van der Waals surface area contributed by atoms with Gasteiger partial charge in [-0.25, -0.2) is 0 Å². The number of hydrogen-bond donors (Lipinski definition) is 0. The van der Waals surface area contributed by atoms with E-state index in [0.29, 0.717) is 0 Å². The molecule has 0 aliphatic carbocycles. The van der Waals surface area contributed by atoms with Crippen LogP contribution in [0.3, 0.4) is 0 Å². The maximum absolute atomic E-state index is 5.42. The molecule has 2 heteroatoms. The van der Waals surface area contributed by atoms with Crippen molar-refractivity contribution < 1.29 is 9.47 Å². The molecule has 2 nitrogen and oxygen atoms in total. The first-order chi connectivity index (χ1) is 10.5. The fraction of sp³-hybridized carbons (Fsp3) is 0.400. The molecule has 0 bridgehead atoms. The normalized spacial score (nSPS) is 9.73. The standard InChI is InChI=1S/C11H16O.C9H12O/c1-5-12-11-6-8(2)10(4)9(3)7-11;1-3-10-9-6-4-8(2)5-7-9/h6-7H,5H2,1-4H3;4-7H,3H2,1-2H3. The average molecular weight is 300 g/mol. The van der Waals surface area contributed by atoms with Crippen LogP contribution < -0.4 is 9.47 Å². The van der Waals surface area contributed by atoms with E-state index in [0.717, 1.165) is 24.7 Å². The SMILES string of the molecule is CCOc1cc(C)c(C)c(C)c1.CCOc1ccc(C)cc1. The van der Waals surface area contributed by atoms with Crippen molar-refractivity contribution in [2.75, 3.05) is 13.2 Å². The molecule has 0 spiro atoms. The Morgan fingerprint density at radius 2 is 1.14 bits per heavy atom. The van der Waals surface area contributed by atoms with E-state index >= 15 is 0 Å². The van der Waals surface area contributed by atoms with E-state index in [-0.39, 0.29) is 0 Å². The molecule has 22 heavy (non-hydrogen) atoms. The van der Waals surface area contributed by atoms with Gasteiger partial charge in [-0.05, 0) is 82.5 Å². The monoisotopic (exact) mass is 300 g/mol. The zero-order valence-corrected chi connectivity index (χ0v) is 14.7. The molecule has 0 saturated heterocycles. The summed E-state index contributed by atoms with van der Waals surface area (Å²) >= 11 is 0. The minimum Gasteiger partial charge on any atom is -0.494 e. The summed E-state index contributed by atoms with van der Waals surface area (Å²) < 4.78 is 10.7. The van der Waals surface area contributed by atoms with Gasteiger partial charge >= 0.3 is 0 Å². The Hall–Kier alpha value is -1.96. The third-order valence-electron chi connectivity index (χ3n) is 3.54. The maximum Gasteiger partial charge on any atom is 0.119 e. The van der Waals surface area contributed by atoms with Crippen molar-refractivity contribution in [3.05, 3.63) is 58.7 Å². The highest BCUT2D eigenvalue weighted by molar-refractivity contribution is 5.40. The van der Waals surface area contributed by atoms with Gasteiger partial charge in [-0.2, -0.15) is 0 Å². The number of aryl methyl sites for hydroxylation is 3. The number of hydrogen-bond acceptors (Lipinski definition) is 2. The Balaban J connectivity index is 0.000000224.